The van der Waals surface area contributed by atoms with Crippen molar-refractivity contribution in [2.45, 2.75) is 45.2 Å². The molecule has 0 spiro atoms. The van der Waals surface area contributed by atoms with E-state index < -0.39 is 6.04 Å². The number of anilines is 1. The Bertz CT molecular complexity index is 1160. The molecular formula is C26H28N4O3S. The van der Waals surface area contributed by atoms with E-state index in [0.29, 0.717) is 24.5 Å². The number of nitrogens with one attached hydrogen (secondary N) is 2. The number of carbonyl (C=O) groups is 3. The second-order valence-corrected chi connectivity index (χ2v) is 9.34. The molecule has 1 aliphatic rings. The van der Waals surface area contributed by atoms with Crippen LogP contribution in [0.1, 0.15) is 43.9 Å². The number of hydrogen-bond acceptors (Lipinski definition) is 5. The SMILES string of the molecule is CC(=O)NC(C)c1ccc(-c2csc(NC(=O)C3CCCN3C(=O)Cc3ccccc3)n2)cc1. The molecule has 0 aliphatic carbocycles. The largest absolute Gasteiger partial charge is 0.350 e. The maximum absolute atomic E-state index is 13.0. The van der Waals surface area contributed by atoms with Gasteiger partial charge >= 0.3 is 0 Å². The van der Waals surface area contributed by atoms with Crippen LogP contribution in [-0.2, 0) is 20.8 Å². The van der Waals surface area contributed by atoms with Crippen LogP contribution in [0.3, 0.4) is 0 Å². The van der Waals surface area contributed by atoms with E-state index in [1.807, 2.05) is 66.9 Å². The van der Waals surface area contributed by atoms with Gasteiger partial charge in [0, 0.05) is 24.4 Å². The first-order chi connectivity index (χ1) is 16.4. The van der Waals surface area contributed by atoms with Crippen LogP contribution in [0.2, 0.25) is 0 Å². The lowest BCUT2D eigenvalue weighted by Crippen LogP contribution is -2.43. The molecule has 2 heterocycles. The van der Waals surface area contributed by atoms with E-state index in [0.717, 1.165) is 28.8 Å². The number of likely N-dealkylation sites (tertiary alicyclic amines) is 1. The zero-order chi connectivity index (χ0) is 24.1. The Kier molecular flexibility index (Phi) is 7.37. The van der Waals surface area contributed by atoms with Gasteiger partial charge in [0.15, 0.2) is 5.13 Å². The first-order valence-corrected chi connectivity index (χ1v) is 12.3. The molecule has 2 atom stereocenters. The number of amides is 3. The number of nitrogens with zero attached hydrogens (tertiary/aromatic N) is 2. The van der Waals surface area contributed by atoms with Gasteiger partial charge in [-0.05, 0) is 30.9 Å². The fourth-order valence-corrected chi connectivity index (χ4v) is 4.92. The molecule has 1 aromatic heterocycles. The standard InChI is InChI=1S/C26H28N4O3S/c1-17(27-18(2)31)20-10-12-21(13-11-20)22-16-34-26(28-22)29-25(33)23-9-6-14-30(23)24(32)15-19-7-4-3-5-8-19/h3-5,7-8,10-13,16-17,23H,6,9,14-15H2,1-2H3,(H,27,31)(H,28,29,33). The van der Waals surface area contributed by atoms with Gasteiger partial charge in [-0.15, -0.1) is 11.3 Å². The van der Waals surface area contributed by atoms with Crippen LogP contribution in [0.5, 0.6) is 0 Å². The Hall–Kier alpha value is -3.52. The molecule has 34 heavy (non-hydrogen) atoms. The highest BCUT2D eigenvalue weighted by atomic mass is 32.1. The minimum Gasteiger partial charge on any atom is -0.350 e. The first kappa shape index (κ1) is 23.6. The minimum atomic E-state index is -0.474. The molecule has 0 bridgehead atoms. The van der Waals surface area contributed by atoms with Crippen molar-refractivity contribution in [2.75, 3.05) is 11.9 Å². The summed E-state index contributed by atoms with van der Waals surface area (Å²) in [6.45, 7) is 4.03. The Labute approximate surface area is 203 Å². The van der Waals surface area contributed by atoms with Crippen molar-refractivity contribution in [3.63, 3.8) is 0 Å². The number of thiazole rings is 1. The van der Waals surface area contributed by atoms with E-state index in [1.165, 1.54) is 18.3 Å². The molecule has 4 rings (SSSR count). The molecule has 0 radical (unpaired) electrons. The van der Waals surface area contributed by atoms with Gasteiger partial charge in [0.25, 0.3) is 0 Å². The summed E-state index contributed by atoms with van der Waals surface area (Å²) in [5, 5.41) is 8.18. The third kappa shape index (κ3) is 5.69. The average Bonchev–Trinajstić information content (AvgIpc) is 3.49. The molecule has 176 valence electrons. The Balaban J connectivity index is 1.38. The van der Waals surface area contributed by atoms with E-state index in [1.54, 1.807) is 4.90 Å². The van der Waals surface area contributed by atoms with E-state index in [9.17, 15) is 14.4 Å². The van der Waals surface area contributed by atoms with E-state index in [4.69, 9.17) is 0 Å². The van der Waals surface area contributed by atoms with Crippen molar-refractivity contribution in [1.29, 1.82) is 0 Å². The van der Waals surface area contributed by atoms with Crippen LogP contribution in [-0.4, -0.2) is 40.2 Å². The highest BCUT2D eigenvalue weighted by Gasteiger charge is 2.34. The summed E-state index contributed by atoms with van der Waals surface area (Å²) in [6.07, 6.45) is 1.76. The highest BCUT2D eigenvalue weighted by Crippen LogP contribution is 2.27. The number of benzene rings is 2. The molecule has 1 saturated heterocycles. The Morgan fingerprint density at radius 3 is 2.56 bits per heavy atom. The number of carbonyl (C=O) groups excluding carboxylic acids is 3. The lowest BCUT2D eigenvalue weighted by Gasteiger charge is -2.23. The molecule has 3 amide bonds. The smallest absolute Gasteiger partial charge is 0.248 e. The first-order valence-electron chi connectivity index (χ1n) is 11.4. The van der Waals surface area contributed by atoms with Crippen LogP contribution >= 0.6 is 11.3 Å². The lowest BCUT2D eigenvalue weighted by molar-refractivity contribution is -0.136. The quantitative estimate of drug-likeness (QED) is 0.535. The number of aromatic nitrogens is 1. The molecule has 8 heteroatoms. The van der Waals surface area contributed by atoms with Crippen molar-refractivity contribution in [3.05, 3.63) is 71.1 Å². The van der Waals surface area contributed by atoms with Crippen molar-refractivity contribution in [3.8, 4) is 11.3 Å². The maximum atomic E-state index is 13.0. The maximum Gasteiger partial charge on any atom is 0.248 e. The van der Waals surface area contributed by atoms with Crippen molar-refractivity contribution in [2.24, 2.45) is 0 Å². The van der Waals surface area contributed by atoms with Crippen LogP contribution in [0.15, 0.2) is 60.0 Å². The lowest BCUT2D eigenvalue weighted by atomic mass is 10.1. The van der Waals surface area contributed by atoms with Gasteiger partial charge in [0.1, 0.15) is 6.04 Å². The normalized spacial score (nSPS) is 16.2. The Morgan fingerprint density at radius 2 is 1.85 bits per heavy atom. The molecule has 1 aliphatic heterocycles. The van der Waals surface area contributed by atoms with Crippen LogP contribution in [0.4, 0.5) is 5.13 Å². The van der Waals surface area contributed by atoms with Crippen LogP contribution < -0.4 is 10.6 Å². The minimum absolute atomic E-state index is 0.0303. The number of hydrogen-bond donors (Lipinski definition) is 2. The molecule has 2 aromatic carbocycles. The second-order valence-electron chi connectivity index (χ2n) is 8.48. The fraction of sp³-hybridized carbons (Fsp3) is 0.308. The van der Waals surface area contributed by atoms with Gasteiger partial charge in [-0.1, -0.05) is 54.6 Å². The average molecular weight is 477 g/mol. The molecule has 7 nitrogen and oxygen atoms in total. The summed E-state index contributed by atoms with van der Waals surface area (Å²) >= 11 is 1.36. The predicted molar refractivity (Wildman–Crippen MR) is 133 cm³/mol. The van der Waals surface area contributed by atoms with E-state index in [-0.39, 0.29) is 23.8 Å². The van der Waals surface area contributed by atoms with Crippen molar-refractivity contribution >= 4 is 34.2 Å². The van der Waals surface area contributed by atoms with Gasteiger partial charge < -0.3 is 15.5 Å². The topological polar surface area (TPSA) is 91.4 Å². The van der Waals surface area contributed by atoms with Crippen molar-refractivity contribution in [1.82, 2.24) is 15.2 Å². The van der Waals surface area contributed by atoms with Crippen LogP contribution in [0.25, 0.3) is 11.3 Å². The summed E-state index contributed by atoms with van der Waals surface area (Å²) in [7, 11) is 0. The molecule has 3 aromatic rings. The van der Waals surface area contributed by atoms with Gasteiger partial charge in [-0.3, -0.25) is 14.4 Å². The zero-order valence-corrected chi connectivity index (χ0v) is 20.1. The molecule has 0 saturated carbocycles. The summed E-state index contributed by atoms with van der Waals surface area (Å²) in [4.78, 5) is 43.3. The number of rotatable bonds is 7. The molecular weight excluding hydrogens is 448 g/mol. The molecule has 2 unspecified atom stereocenters. The zero-order valence-electron chi connectivity index (χ0n) is 19.3. The molecule has 1 fully saturated rings. The van der Waals surface area contributed by atoms with E-state index >= 15 is 0 Å². The summed E-state index contributed by atoms with van der Waals surface area (Å²) < 4.78 is 0. The van der Waals surface area contributed by atoms with Gasteiger partial charge in [-0.2, -0.15) is 0 Å². The highest BCUT2D eigenvalue weighted by molar-refractivity contribution is 7.14. The summed E-state index contributed by atoms with van der Waals surface area (Å²) in [5.74, 6) is -0.296. The van der Waals surface area contributed by atoms with Gasteiger partial charge in [0.05, 0.1) is 18.2 Å². The van der Waals surface area contributed by atoms with Crippen LogP contribution in [0, 0.1) is 0 Å². The summed E-state index contributed by atoms with van der Waals surface area (Å²) in [6, 6.07) is 16.9. The van der Waals surface area contributed by atoms with Gasteiger partial charge in [-0.25, -0.2) is 4.98 Å². The fourth-order valence-electron chi connectivity index (χ4n) is 4.19. The van der Waals surface area contributed by atoms with E-state index in [2.05, 4.69) is 15.6 Å². The summed E-state index contributed by atoms with van der Waals surface area (Å²) in [5.41, 5.74) is 3.64. The molecule has 2 N–H and O–H groups in total. The monoisotopic (exact) mass is 476 g/mol. The third-order valence-electron chi connectivity index (χ3n) is 5.93. The predicted octanol–water partition coefficient (Wildman–Crippen LogP) is 4.18. The van der Waals surface area contributed by atoms with Gasteiger partial charge in [0.2, 0.25) is 17.7 Å². The second kappa shape index (κ2) is 10.6. The Morgan fingerprint density at radius 1 is 1.12 bits per heavy atom. The third-order valence-corrected chi connectivity index (χ3v) is 6.69. The van der Waals surface area contributed by atoms with Crippen molar-refractivity contribution < 1.29 is 14.4 Å².